The number of hydrogen-bond acceptors (Lipinski definition) is 0. The van der Waals surface area contributed by atoms with Gasteiger partial charge in [-0.15, -0.1) is 0 Å². The van der Waals surface area contributed by atoms with Gasteiger partial charge in [-0.05, 0) is 27.9 Å². The molecule has 0 aliphatic heterocycles. The third-order valence-corrected chi connectivity index (χ3v) is 4.48. The number of benzene rings is 1. The first-order chi connectivity index (χ1) is 6.38. The molecule has 0 spiro atoms. The SMILES string of the molecule is CC1C(C)(C)c2ccccc2C1(C)C.[H+]. The first-order valence-electron chi connectivity index (χ1n) is 5.48. The zero-order valence-corrected chi connectivity index (χ0v) is 9.89. The fourth-order valence-electron chi connectivity index (χ4n) is 2.98. The Labute approximate surface area is 88.8 Å². The largest absolute Gasteiger partial charge is 1.00 e. The van der Waals surface area contributed by atoms with E-state index in [9.17, 15) is 0 Å². The van der Waals surface area contributed by atoms with E-state index in [0.29, 0.717) is 16.7 Å². The van der Waals surface area contributed by atoms with Gasteiger partial charge >= 0.3 is 1.43 Å². The summed E-state index contributed by atoms with van der Waals surface area (Å²) < 4.78 is 0. The summed E-state index contributed by atoms with van der Waals surface area (Å²) in [7, 11) is 0. The molecule has 0 N–H and O–H groups in total. The monoisotopic (exact) mass is 189 g/mol. The lowest BCUT2D eigenvalue weighted by atomic mass is 9.71. The summed E-state index contributed by atoms with van der Waals surface area (Å²) in [6, 6.07) is 8.91. The normalized spacial score (nSPS) is 23.5. The molecule has 0 unspecified atom stereocenters. The minimum atomic E-state index is 0. The van der Waals surface area contributed by atoms with Crippen LogP contribution in [0, 0.1) is 5.92 Å². The fraction of sp³-hybridized carbons (Fsp3) is 0.571. The van der Waals surface area contributed by atoms with Gasteiger partial charge in [-0.25, -0.2) is 0 Å². The van der Waals surface area contributed by atoms with Gasteiger partial charge in [-0.3, -0.25) is 0 Å². The predicted molar refractivity (Wildman–Crippen MR) is 62.8 cm³/mol. The summed E-state index contributed by atoms with van der Waals surface area (Å²) in [6.45, 7) is 11.8. The van der Waals surface area contributed by atoms with Crippen LogP contribution in [0.5, 0.6) is 0 Å². The Morgan fingerprint density at radius 1 is 0.929 bits per heavy atom. The fourth-order valence-corrected chi connectivity index (χ4v) is 2.98. The Morgan fingerprint density at radius 2 is 1.29 bits per heavy atom. The maximum atomic E-state index is 2.38. The molecule has 0 fully saturated rings. The predicted octanol–water partition coefficient (Wildman–Crippen LogP) is 4.00. The van der Waals surface area contributed by atoms with Crippen molar-refractivity contribution < 1.29 is 1.43 Å². The number of fused-ring (bicyclic) bond motifs is 1. The van der Waals surface area contributed by atoms with Crippen molar-refractivity contribution in [1.29, 1.82) is 0 Å². The Morgan fingerprint density at radius 3 is 1.64 bits per heavy atom. The van der Waals surface area contributed by atoms with Crippen LogP contribution in [0.25, 0.3) is 0 Å². The van der Waals surface area contributed by atoms with Gasteiger partial charge in [0.15, 0.2) is 0 Å². The van der Waals surface area contributed by atoms with Gasteiger partial charge in [0.2, 0.25) is 0 Å². The maximum absolute atomic E-state index is 2.38. The minimum absolute atomic E-state index is 0. The molecular formula is C14H21+. The smallest absolute Gasteiger partial charge is 0.0620 e. The van der Waals surface area contributed by atoms with Crippen LogP contribution in [0.2, 0.25) is 0 Å². The molecule has 0 aromatic heterocycles. The summed E-state index contributed by atoms with van der Waals surface area (Å²) in [4.78, 5) is 0. The molecule has 0 heterocycles. The van der Waals surface area contributed by atoms with E-state index in [1.807, 2.05) is 0 Å². The van der Waals surface area contributed by atoms with Crippen LogP contribution in [0.3, 0.4) is 0 Å². The topological polar surface area (TPSA) is 0 Å². The standard InChI is InChI=1S/C14H20/c1-10-13(2,3)11-8-6-7-9-12(11)14(10,4)5/h6-10H,1-5H3/p+1. The Balaban J connectivity index is 0.00000112. The first-order valence-corrected chi connectivity index (χ1v) is 5.48. The van der Waals surface area contributed by atoms with Crippen molar-refractivity contribution in [3.63, 3.8) is 0 Å². The van der Waals surface area contributed by atoms with Crippen LogP contribution < -0.4 is 0 Å². The highest BCUT2D eigenvalue weighted by Gasteiger charge is 2.47. The average Bonchev–Trinajstić information content (AvgIpc) is 2.28. The molecule has 0 bridgehead atoms. The second kappa shape index (κ2) is 2.62. The molecule has 0 saturated carbocycles. The molecule has 2 rings (SSSR count). The molecular weight excluding hydrogens is 168 g/mol. The van der Waals surface area contributed by atoms with Crippen molar-refractivity contribution in [1.82, 2.24) is 0 Å². The molecule has 0 saturated heterocycles. The number of hydrogen-bond donors (Lipinski definition) is 0. The molecule has 0 atom stereocenters. The van der Waals surface area contributed by atoms with E-state index in [1.54, 1.807) is 0 Å². The van der Waals surface area contributed by atoms with E-state index in [2.05, 4.69) is 58.9 Å². The van der Waals surface area contributed by atoms with Gasteiger partial charge in [0.05, 0.1) is 0 Å². The summed E-state index contributed by atoms with van der Waals surface area (Å²) >= 11 is 0. The van der Waals surface area contributed by atoms with Gasteiger partial charge in [-0.1, -0.05) is 58.9 Å². The zero-order chi connectivity index (χ0) is 10.6. The van der Waals surface area contributed by atoms with E-state index in [0.717, 1.165) is 0 Å². The van der Waals surface area contributed by atoms with Gasteiger partial charge < -0.3 is 0 Å². The van der Waals surface area contributed by atoms with Crippen molar-refractivity contribution in [3.8, 4) is 0 Å². The second-order valence-electron chi connectivity index (χ2n) is 5.71. The lowest BCUT2D eigenvalue weighted by Crippen LogP contribution is -2.30. The third-order valence-electron chi connectivity index (χ3n) is 4.48. The maximum Gasteiger partial charge on any atom is 1.00 e. The summed E-state index contributed by atoms with van der Waals surface area (Å²) in [5.41, 5.74) is 3.72. The van der Waals surface area contributed by atoms with Crippen molar-refractivity contribution in [3.05, 3.63) is 35.4 Å². The van der Waals surface area contributed by atoms with Crippen molar-refractivity contribution in [2.75, 3.05) is 0 Å². The van der Waals surface area contributed by atoms with Crippen LogP contribution in [-0.4, -0.2) is 0 Å². The Bertz CT molecular complexity index is 328. The van der Waals surface area contributed by atoms with Gasteiger partial charge in [0.25, 0.3) is 0 Å². The lowest BCUT2D eigenvalue weighted by Gasteiger charge is -2.32. The van der Waals surface area contributed by atoms with Crippen molar-refractivity contribution in [2.45, 2.75) is 45.4 Å². The van der Waals surface area contributed by atoms with Gasteiger partial charge in [0.1, 0.15) is 0 Å². The van der Waals surface area contributed by atoms with E-state index in [4.69, 9.17) is 0 Å². The Kier molecular flexibility index (Phi) is 1.83. The molecule has 14 heavy (non-hydrogen) atoms. The van der Waals surface area contributed by atoms with Crippen LogP contribution in [0.1, 0.15) is 47.2 Å². The van der Waals surface area contributed by atoms with Crippen LogP contribution in [0.15, 0.2) is 24.3 Å². The van der Waals surface area contributed by atoms with E-state index >= 15 is 0 Å². The highest BCUT2D eigenvalue weighted by Crippen LogP contribution is 2.53. The molecule has 1 aliphatic carbocycles. The first kappa shape index (κ1) is 9.76. The van der Waals surface area contributed by atoms with Crippen LogP contribution in [-0.2, 0) is 10.8 Å². The number of rotatable bonds is 0. The zero-order valence-electron chi connectivity index (χ0n) is 10.9. The summed E-state index contributed by atoms with van der Waals surface area (Å²) in [5, 5.41) is 0. The summed E-state index contributed by atoms with van der Waals surface area (Å²) in [6.07, 6.45) is 0. The van der Waals surface area contributed by atoms with Crippen LogP contribution in [0.4, 0.5) is 0 Å². The van der Waals surface area contributed by atoms with Crippen molar-refractivity contribution in [2.24, 2.45) is 5.92 Å². The summed E-state index contributed by atoms with van der Waals surface area (Å²) in [5.74, 6) is 0.701. The molecule has 1 aromatic rings. The molecule has 0 nitrogen and oxygen atoms in total. The minimum Gasteiger partial charge on any atom is -0.0620 e. The highest BCUT2D eigenvalue weighted by atomic mass is 14.5. The molecule has 0 heteroatoms. The average molecular weight is 189 g/mol. The Hall–Kier alpha value is -0.780. The molecule has 0 radical (unpaired) electrons. The highest BCUT2D eigenvalue weighted by molar-refractivity contribution is 5.45. The lowest BCUT2D eigenvalue weighted by molar-refractivity contribution is 0.264. The third kappa shape index (κ3) is 1.00. The van der Waals surface area contributed by atoms with Crippen molar-refractivity contribution >= 4 is 0 Å². The molecule has 1 aromatic carbocycles. The molecule has 0 amide bonds. The molecule has 76 valence electrons. The van der Waals surface area contributed by atoms with E-state index in [1.165, 1.54) is 11.1 Å². The van der Waals surface area contributed by atoms with E-state index in [-0.39, 0.29) is 1.43 Å². The van der Waals surface area contributed by atoms with Gasteiger partial charge in [0, 0.05) is 0 Å². The van der Waals surface area contributed by atoms with Gasteiger partial charge in [-0.2, -0.15) is 0 Å². The van der Waals surface area contributed by atoms with E-state index < -0.39 is 0 Å². The second-order valence-corrected chi connectivity index (χ2v) is 5.71. The van der Waals surface area contributed by atoms with Crippen LogP contribution >= 0.6 is 0 Å². The quantitative estimate of drug-likeness (QED) is 0.578. The molecule has 1 aliphatic rings.